The Balaban J connectivity index is 1.76. The maximum atomic E-state index is 13.2. The zero-order chi connectivity index (χ0) is 21.7. The molecule has 1 aromatic rings. The van der Waals surface area contributed by atoms with Crippen molar-refractivity contribution in [2.24, 2.45) is 17.8 Å². The molecule has 1 heterocycles. The number of imide groups is 1. The van der Waals surface area contributed by atoms with Gasteiger partial charge in [-0.25, -0.2) is 0 Å². The quantitative estimate of drug-likeness (QED) is 0.381. The maximum absolute atomic E-state index is 13.2. The van der Waals surface area contributed by atoms with Crippen molar-refractivity contribution in [1.82, 2.24) is 4.90 Å². The van der Waals surface area contributed by atoms with E-state index in [4.69, 9.17) is 9.47 Å². The number of hydrogen-bond donors (Lipinski definition) is 1. The van der Waals surface area contributed by atoms with Crippen molar-refractivity contribution in [2.75, 3.05) is 25.6 Å². The molecule has 0 radical (unpaired) electrons. The third-order valence-corrected chi connectivity index (χ3v) is 5.51. The summed E-state index contributed by atoms with van der Waals surface area (Å²) < 4.78 is 10.6. The zero-order valence-corrected chi connectivity index (χ0v) is 17.8. The first kappa shape index (κ1) is 22.0. The Labute approximate surface area is 177 Å². The van der Waals surface area contributed by atoms with Gasteiger partial charge in [0.05, 0.1) is 18.4 Å². The fourth-order valence-electron chi connectivity index (χ4n) is 4.04. The van der Waals surface area contributed by atoms with E-state index in [9.17, 15) is 14.4 Å². The summed E-state index contributed by atoms with van der Waals surface area (Å²) in [6, 6.07) is 6.22. The van der Waals surface area contributed by atoms with Gasteiger partial charge >= 0.3 is 0 Å². The molecule has 3 unspecified atom stereocenters. The van der Waals surface area contributed by atoms with Crippen LogP contribution in [0.25, 0.3) is 0 Å². The van der Waals surface area contributed by atoms with Crippen LogP contribution < -0.4 is 10.1 Å². The van der Waals surface area contributed by atoms with Gasteiger partial charge in [-0.1, -0.05) is 32.1 Å². The smallest absolute Gasteiger partial charge is 0.247 e. The molecule has 1 saturated heterocycles. The molecule has 3 rings (SSSR count). The first-order chi connectivity index (χ1) is 14.4. The van der Waals surface area contributed by atoms with E-state index in [0.717, 1.165) is 0 Å². The number of methoxy groups -OCH3 is 1. The molecule has 0 bridgehead atoms. The lowest BCUT2D eigenvalue weighted by molar-refractivity contribution is -0.147. The van der Waals surface area contributed by atoms with Gasteiger partial charge in [-0.05, 0) is 37.3 Å². The Kier molecular flexibility index (Phi) is 7.26. The number of nitrogens with one attached hydrogen (secondary N) is 1. The molecule has 1 aromatic carbocycles. The first-order valence-electron chi connectivity index (χ1n) is 10.5. The third-order valence-electron chi connectivity index (χ3n) is 5.51. The number of carbonyl (C=O) groups is 3. The molecule has 1 fully saturated rings. The van der Waals surface area contributed by atoms with Crippen LogP contribution in [-0.4, -0.2) is 49.0 Å². The zero-order valence-electron chi connectivity index (χ0n) is 17.8. The summed E-state index contributed by atoms with van der Waals surface area (Å²) in [4.78, 5) is 40.4. The predicted octanol–water partition coefficient (Wildman–Crippen LogP) is 3.02. The lowest BCUT2D eigenvalue weighted by Crippen LogP contribution is -2.48. The monoisotopic (exact) mass is 414 g/mol. The number of hydrogen-bond acceptors (Lipinski definition) is 5. The van der Waals surface area contributed by atoms with Gasteiger partial charge in [-0.2, -0.15) is 0 Å². The predicted molar refractivity (Wildman–Crippen MR) is 113 cm³/mol. The number of amides is 3. The average Bonchev–Trinajstić information content (AvgIpc) is 2.97. The lowest BCUT2D eigenvalue weighted by atomic mass is 9.85. The molecular weight excluding hydrogens is 384 g/mol. The molecular formula is C23H30N2O5. The van der Waals surface area contributed by atoms with E-state index < -0.39 is 6.04 Å². The van der Waals surface area contributed by atoms with Crippen LogP contribution in [0.2, 0.25) is 0 Å². The van der Waals surface area contributed by atoms with Crippen LogP contribution in [-0.2, 0) is 19.1 Å². The summed E-state index contributed by atoms with van der Waals surface area (Å²) in [5, 5.41) is 2.87. The summed E-state index contributed by atoms with van der Waals surface area (Å²) >= 11 is 0. The van der Waals surface area contributed by atoms with E-state index in [1.807, 2.05) is 26.0 Å². The Morgan fingerprint density at radius 3 is 2.40 bits per heavy atom. The summed E-state index contributed by atoms with van der Waals surface area (Å²) in [5.41, 5.74) is 0.557. The topological polar surface area (TPSA) is 84.9 Å². The van der Waals surface area contributed by atoms with Crippen LogP contribution >= 0.6 is 0 Å². The second kappa shape index (κ2) is 9.89. The minimum Gasteiger partial charge on any atom is -0.491 e. The molecule has 3 atom stereocenters. The van der Waals surface area contributed by atoms with Crippen molar-refractivity contribution in [1.29, 1.82) is 0 Å². The number of fused-ring (bicyclic) bond motifs is 1. The third kappa shape index (κ3) is 4.90. The standard InChI is InChI=1S/C23H30N2O5/c1-15(2)13-20(25-22(27)18-9-4-5-10-19(18)23(25)28)21(26)24-16-7-6-8-17(14-16)30-12-11-29-3/h4-8,14-15,18-20H,9-13H2,1-3H3,(H,24,26). The molecule has 7 heteroatoms. The van der Waals surface area contributed by atoms with E-state index in [0.29, 0.717) is 43.9 Å². The maximum Gasteiger partial charge on any atom is 0.247 e. The molecule has 0 spiro atoms. The van der Waals surface area contributed by atoms with Crippen molar-refractivity contribution in [2.45, 2.75) is 39.2 Å². The molecule has 1 aliphatic carbocycles. The van der Waals surface area contributed by atoms with Gasteiger partial charge in [0.2, 0.25) is 17.7 Å². The van der Waals surface area contributed by atoms with Gasteiger partial charge in [0.1, 0.15) is 18.4 Å². The van der Waals surface area contributed by atoms with Gasteiger partial charge in [0.25, 0.3) is 0 Å². The Morgan fingerprint density at radius 2 is 1.80 bits per heavy atom. The van der Waals surface area contributed by atoms with Gasteiger partial charge in [-0.3, -0.25) is 19.3 Å². The van der Waals surface area contributed by atoms with E-state index in [1.165, 1.54) is 4.90 Å². The van der Waals surface area contributed by atoms with Crippen LogP contribution in [0.15, 0.2) is 36.4 Å². The molecule has 2 aliphatic rings. The van der Waals surface area contributed by atoms with E-state index in [2.05, 4.69) is 5.32 Å². The number of rotatable bonds is 9. The van der Waals surface area contributed by atoms with Crippen LogP contribution in [0.3, 0.4) is 0 Å². The largest absolute Gasteiger partial charge is 0.491 e. The number of allylic oxidation sites excluding steroid dienone is 2. The number of ether oxygens (including phenoxy) is 2. The highest BCUT2D eigenvalue weighted by Gasteiger charge is 2.51. The van der Waals surface area contributed by atoms with E-state index in [-0.39, 0.29) is 35.5 Å². The normalized spacial score (nSPS) is 21.7. The Morgan fingerprint density at radius 1 is 1.13 bits per heavy atom. The molecule has 0 saturated carbocycles. The Bertz CT molecular complexity index is 794. The molecule has 7 nitrogen and oxygen atoms in total. The fraction of sp³-hybridized carbons (Fsp3) is 0.522. The second-order valence-corrected chi connectivity index (χ2v) is 8.21. The number of nitrogens with zero attached hydrogens (tertiary/aromatic N) is 1. The fourth-order valence-corrected chi connectivity index (χ4v) is 4.04. The number of carbonyl (C=O) groups excluding carboxylic acids is 3. The molecule has 3 amide bonds. The van der Waals surface area contributed by atoms with Crippen LogP contribution in [0.1, 0.15) is 33.1 Å². The van der Waals surface area contributed by atoms with Gasteiger partial charge in [-0.15, -0.1) is 0 Å². The summed E-state index contributed by atoms with van der Waals surface area (Å²) in [6.07, 6.45) is 5.43. The van der Waals surface area contributed by atoms with Crippen molar-refractivity contribution in [3.05, 3.63) is 36.4 Å². The SMILES string of the molecule is COCCOc1cccc(NC(=O)C(CC(C)C)N2C(=O)C3CC=CCC3C2=O)c1. The van der Waals surface area contributed by atoms with Crippen LogP contribution in [0, 0.1) is 17.8 Å². The van der Waals surface area contributed by atoms with Gasteiger partial charge in [0, 0.05) is 18.9 Å². The summed E-state index contributed by atoms with van der Waals surface area (Å²) in [6.45, 7) is 4.81. The highest BCUT2D eigenvalue weighted by Crippen LogP contribution is 2.37. The summed E-state index contributed by atoms with van der Waals surface area (Å²) in [5.74, 6) is -0.754. The number of likely N-dealkylation sites (tertiary alicyclic amines) is 1. The van der Waals surface area contributed by atoms with Gasteiger partial charge < -0.3 is 14.8 Å². The number of anilines is 1. The van der Waals surface area contributed by atoms with E-state index in [1.54, 1.807) is 31.4 Å². The molecule has 162 valence electrons. The van der Waals surface area contributed by atoms with Crippen molar-refractivity contribution in [3.63, 3.8) is 0 Å². The van der Waals surface area contributed by atoms with Crippen LogP contribution in [0.4, 0.5) is 5.69 Å². The Hall–Kier alpha value is -2.67. The molecule has 1 N–H and O–H groups in total. The lowest BCUT2D eigenvalue weighted by Gasteiger charge is -2.27. The second-order valence-electron chi connectivity index (χ2n) is 8.21. The molecule has 30 heavy (non-hydrogen) atoms. The summed E-state index contributed by atoms with van der Waals surface area (Å²) in [7, 11) is 1.60. The molecule has 1 aliphatic heterocycles. The molecule has 0 aromatic heterocycles. The van der Waals surface area contributed by atoms with Crippen molar-refractivity contribution >= 4 is 23.4 Å². The minimum atomic E-state index is -0.825. The van der Waals surface area contributed by atoms with E-state index >= 15 is 0 Å². The highest BCUT2D eigenvalue weighted by molar-refractivity contribution is 6.10. The first-order valence-corrected chi connectivity index (χ1v) is 10.5. The van der Waals surface area contributed by atoms with Crippen molar-refractivity contribution < 1.29 is 23.9 Å². The highest BCUT2D eigenvalue weighted by atomic mass is 16.5. The minimum absolute atomic E-state index is 0.144. The average molecular weight is 415 g/mol. The van der Waals surface area contributed by atoms with Crippen LogP contribution in [0.5, 0.6) is 5.75 Å². The van der Waals surface area contributed by atoms with Gasteiger partial charge in [0.15, 0.2) is 0 Å². The number of benzene rings is 1. The van der Waals surface area contributed by atoms with Crippen molar-refractivity contribution in [3.8, 4) is 5.75 Å².